The van der Waals surface area contributed by atoms with Crippen LogP contribution < -0.4 is 4.74 Å². The number of carbonyl (C=O) groups is 1. The number of hydrogen-bond donors (Lipinski definition) is 1. The number of nitrogens with zero attached hydrogens (tertiary/aromatic N) is 3. The highest BCUT2D eigenvalue weighted by molar-refractivity contribution is 6.00. The molecular formula is C16H16N4O2. The molecule has 3 aromatic rings. The first-order valence-corrected chi connectivity index (χ1v) is 6.81. The molecule has 0 spiro atoms. The maximum Gasteiger partial charge on any atom is 0.272 e. The van der Waals surface area contributed by atoms with Gasteiger partial charge in [0.15, 0.2) is 0 Å². The van der Waals surface area contributed by atoms with E-state index in [9.17, 15) is 4.79 Å². The quantitative estimate of drug-likeness (QED) is 0.805. The molecule has 0 saturated carbocycles. The van der Waals surface area contributed by atoms with E-state index in [1.165, 1.54) is 4.90 Å². The Kier molecular flexibility index (Phi) is 3.50. The number of rotatable bonds is 3. The molecule has 0 aliphatic carbocycles. The molecule has 112 valence electrons. The van der Waals surface area contributed by atoms with Crippen LogP contribution in [0.1, 0.15) is 10.5 Å². The largest absolute Gasteiger partial charge is 0.496 e. The highest BCUT2D eigenvalue weighted by Gasteiger charge is 2.22. The third-order valence-electron chi connectivity index (χ3n) is 3.37. The molecule has 0 atom stereocenters. The summed E-state index contributed by atoms with van der Waals surface area (Å²) < 4.78 is 5.40. The fourth-order valence-corrected chi connectivity index (χ4v) is 2.29. The topological polar surface area (TPSA) is 71.1 Å². The third kappa shape index (κ3) is 2.28. The van der Waals surface area contributed by atoms with Gasteiger partial charge >= 0.3 is 0 Å². The second-order valence-electron chi connectivity index (χ2n) is 5.04. The van der Waals surface area contributed by atoms with Gasteiger partial charge in [0, 0.05) is 20.3 Å². The molecule has 6 heteroatoms. The van der Waals surface area contributed by atoms with Crippen LogP contribution in [0, 0.1) is 0 Å². The van der Waals surface area contributed by atoms with E-state index in [-0.39, 0.29) is 5.91 Å². The van der Waals surface area contributed by atoms with Gasteiger partial charge in [0.05, 0.1) is 23.7 Å². The highest BCUT2D eigenvalue weighted by Crippen LogP contribution is 2.32. The number of para-hydroxylation sites is 2. The van der Waals surface area contributed by atoms with Crippen molar-refractivity contribution in [3.8, 4) is 17.1 Å². The second kappa shape index (κ2) is 5.48. The van der Waals surface area contributed by atoms with Gasteiger partial charge in [0.1, 0.15) is 17.3 Å². The average Bonchev–Trinajstić information content (AvgIpc) is 2.96. The summed E-state index contributed by atoms with van der Waals surface area (Å²) in [6.07, 6.45) is 1.56. The van der Waals surface area contributed by atoms with Gasteiger partial charge in [-0.15, -0.1) is 0 Å². The van der Waals surface area contributed by atoms with E-state index in [2.05, 4.69) is 15.0 Å². The summed E-state index contributed by atoms with van der Waals surface area (Å²) in [5.41, 5.74) is 2.60. The van der Waals surface area contributed by atoms with Crippen LogP contribution >= 0.6 is 0 Å². The van der Waals surface area contributed by atoms with E-state index >= 15 is 0 Å². The van der Waals surface area contributed by atoms with Crippen molar-refractivity contribution >= 4 is 16.9 Å². The van der Waals surface area contributed by atoms with E-state index in [0.717, 1.165) is 11.0 Å². The van der Waals surface area contributed by atoms with Gasteiger partial charge in [-0.3, -0.25) is 9.78 Å². The van der Waals surface area contributed by atoms with Gasteiger partial charge < -0.3 is 14.6 Å². The minimum absolute atomic E-state index is 0.200. The van der Waals surface area contributed by atoms with Crippen molar-refractivity contribution < 1.29 is 9.53 Å². The van der Waals surface area contributed by atoms with Crippen LogP contribution in [-0.2, 0) is 0 Å². The number of pyridine rings is 1. The Bertz CT molecular complexity index is 806. The van der Waals surface area contributed by atoms with Gasteiger partial charge in [-0.05, 0) is 18.2 Å². The summed E-state index contributed by atoms with van der Waals surface area (Å²) in [5, 5.41) is 0. The van der Waals surface area contributed by atoms with Gasteiger partial charge in [0.2, 0.25) is 0 Å². The smallest absolute Gasteiger partial charge is 0.272 e. The predicted octanol–water partition coefficient (Wildman–Crippen LogP) is 2.34. The summed E-state index contributed by atoms with van der Waals surface area (Å²) >= 11 is 0. The number of benzene rings is 1. The summed E-state index contributed by atoms with van der Waals surface area (Å²) in [7, 11) is 4.93. The minimum Gasteiger partial charge on any atom is -0.496 e. The Morgan fingerprint density at radius 2 is 2.00 bits per heavy atom. The molecule has 0 aliphatic rings. The minimum atomic E-state index is -0.200. The molecule has 1 N–H and O–H groups in total. The van der Waals surface area contributed by atoms with Crippen molar-refractivity contribution in [3.05, 3.63) is 42.2 Å². The first-order valence-electron chi connectivity index (χ1n) is 6.81. The number of aromatic amines is 1. The predicted molar refractivity (Wildman–Crippen MR) is 83.9 cm³/mol. The van der Waals surface area contributed by atoms with E-state index in [1.54, 1.807) is 33.5 Å². The monoisotopic (exact) mass is 296 g/mol. The molecule has 0 bridgehead atoms. The van der Waals surface area contributed by atoms with Crippen LogP contribution in [0.2, 0.25) is 0 Å². The van der Waals surface area contributed by atoms with Crippen LogP contribution in [0.25, 0.3) is 22.4 Å². The number of hydrogen-bond acceptors (Lipinski definition) is 4. The highest BCUT2D eigenvalue weighted by atomic mass is 16.5. The zero-order valence-corrected chi connectivity index (χ0v) is 12.6. The van der Waals surface area contributed by atoms with Crippen molar-refractivity contribution in [2.75, 3.05) is 21.2 Å². The van der Waals surface area contributed by atoms with Crippen molar-refractivity contribution in [2.45, 2.75) is 0 Å². The Hall–Kier alpha value is -2.89. The molecular weight excluding hydrogens is 280 g/mol. The van der Waals surface area contributed by atoms with E-state index in [0.29, 0.717) is 22.8 Å². The molecule has 2 aromatic heterocycles. The standard InChI is InChI=1S/C16H16N4O2/c1-20(2)16(21)14-13(12(22-3)8-9-17-14)15-18-10-6-4-5-7-11(10)19-15/h4-9H,1-3H3,(H,18,19). The normalized spacial score (nSPS) is 10.7. The molecule has 0 saturated heterocycles. The molecule has 2 heterocycles. The molecule has 22 heavy (non-hydrogen) atoms. The molecule has 3 rings (SSSR count). The number of aromatic nitrogens is 3. The van der Waals surface area contributed by atoms with E-state index in [1.807, 2.05) is 24.3 Å². The van der Waals surface area contributed by atoms with Gasteiger partial charge in [0.25, 0.3) is 5.91 Å². The lowest BCUT2D eigenvalue weighted by molar-refractivity contribution is 0.0822. The average molecular weight is 296 g/mol. The number of imidazole rings is 1. The van der Waals surface area contributed by atoms with Gasteiger partial charge in [-0.1, -0.05) is 12.1 Å². The summed E-state index contributed by atoms with van der Waals surface area (Å²) in [6, 6.07) is 9.40. The van der Waals surface area contributed by atoms with Crippen LogP contribution in [0.5, 0.6) is 5.75 Å². The third-order valence-corrected chi connectivity index (χ3v) is 3.37. The molecule has 0 fully saturated rings. The molecule has 0 unspecified atom stereocenters. The molecule has 0 radical (unpaired) electrons. The number of ether oxygens (including phenoxy) is 1. The Morgan fingerprint density at radius 3 is 2.68 bits per heavy atom. The first-order chi connectivity index (χ1) is 10.6. The fraction of sp³-hybridized carbons (Fsp3) is 0.188. The maximum atomic E-state index is 12.4. The zero-order chi connectivity index (χ0) is 15.7. The lowest BCUT2D eigenvalue weighted by Gasteiger charge is -2.14. The van der Waals surface area contributed by atoms with Crippen molar-refractivity contribution in [3.63, 3.8) is 0 Å². The van der Waals surface area contributed by atoms with Crippen molar-refractivity contribution in [1.82, 2.24) is 19.9 Å². The number of carbonyl (C=O) groups excluding carboxylic acids is 1. The van der Waals surface area contributed by atoms with Crippen LogP contribution in [0.4, 0.5) is 0 Å². The summed E-state index contributed by atoms with van der Waals surface area (Å²) in [5.74, 6) is 0.921. The fourth-order valence-electron chi connectivity index (χ4n) is 2.29. The van der Waals surface area contributed by atoms with Crippen LogP contribution in [0.15, 0.2) is 36.5 Å². The van der Waals surface area contributed by atoms with Crippen molar-refractivity contribution in [2.24, 2.45) is 0 Å². The molecule has 0 aliphatic heterocycles. The Labute approximate surface area is 127 Å². The zero-order valence-electron chi connectivity index (χ0n) is 12.6. The van der Waals surface area contributed by atoms with Gasteiger partial charge in [-0.25, -0.2) is 4.98 Å². The second-order valence-corrected chi connectivity index (χ2v) is 5.04. The SMILES string of the molecule is COc1ccnc(C(=O)N(C)C)c1-c1nc2ccccc2[nH]1. The molecule has 1 aromatic carbocycles. The molecule has 6 nitrogen and oxygen atoms in total. The van der Waals surface area contributed by atoms with Crippen molar-refractivity contribution in [1.29, 1.82) is 0 Å². The van der Waals surface area contributed by atoms with Crippen LogP contribution in [0.3, 0.4) is 0 Å². The van der Waals surface area contributed by atoms with Crippen LogP contribution in [-0.4, -0.2) is 47.0 Å². The maximum absolute atomic E-state index is 12.4. The summed E-state index contributed by atoms with van der Waals surface area (Å²) in [4.78, 5) is 25.9. The Morgan fingerprint density at radius 1 is 1.23 bits per heavy atom. The van der Waals surface area contributed by atoms with E-state index in [4.69, 9.17) is 4.74 Å². The first kappa shape index (κ1) is 14.1. The van der Waals surface area contributed by atoms with Gasteiger partial charge in [-0.2, -0.15) is 0 Å². The number of amides is 1. The number of nitrogens with one attached hydrogen (secondary N) is 1. The van der Waals surface area contributed by atoms with E-state index < -0.39 is 0 Å². The summed E-state index contributed by atoms with van der Waals surface area (Å²) in [6.45, 7) is 0. The number of H-pyrrole nitrogens is 1. The number of fused-ring (bicyclic) bond motifs is 1. The molecule has 1 amide bonds. The lowest BCUT2D eigenvalue weighted by Crippen LogP contribution is -2.23. The number of methoxy groups -OCH3 is 1. The Balaban J connectivity index is 2.25. The lowest BCUT2D eigenvalue weighted by atomic mass is 10.1.